The predicted octanol–water partition coefficient (Wildman–Crippen LogP) is 1.55. The summed E-state index contributed by atoms with van der Waals surface area (Å²) in [6.07, 6.45) is 6.04. The van der Waals surface area contributed by atoms with Crippen LogP contribution in [0.25, 0.3) is 0 Å². The second-order valence-electron chi connectivity index (χ2n) is 6.17. The average Bonchev–Trinajstić information content (AvgIpc) is 2.69. The van der Waals surface area contributed by atoms with E-state index in [9.17, 15) is 4.79 Å². The Morgan fingerprint density at radius 3 is 2.76 bits per heavy atom. The third-order valence-electron chi connectivity index (χ3n) is 4.45. The second kappa shape index (κ2) is 8.69. The molecule has 1 amide bonds. The van der Waals surface area contributed by atoms with Gasteiger partial charge in [0.15, 0.2) is 0 Å². The van der Waals surface area contributed by atoms with Crippen molar-refractivity contribution in [2.24, 2.45) is 0 Å². The van der Waals surface area contributed by atoms with E-state index in [4.69, 9.17) is 4.74 Å². The van der Waals surface area contributed by atoms with E-state index in [1.165, 1.54) is 0 Å². The number of pyridine rings is 2. The van der Waals surface area contributed by atoms with E-state index in [0.29, 0.717) is 19.8 Å². The molecule has 3 rings (SSSR count). The first-order valence-electron chi connectivity index (χ1n) is 8.62. The zero-order valence-corrected chi connectivity index (χ0v) is 14.5. The van der Waals surface area contributed by atoms with Gasteiger partial charge in [0.25, 0.3) is 0 Å². The molecule has 1 atom stereocenters. The van der Waals surface area contributed by atoms with Crippen LogP contribution in [0.4, 0.5) is 0 Å². The lowest BCUT2D eigenvalue weighted by Crippen LogP contribution is -2.46. The molecule has 1 fully saturated rings. The van der Waals surface area contributed by atoms with E-state index >= 15 is 0 Å². The van der Waals surface area contributed by atoms with Crippen molar-refractivity contribution in [1.29, 1.82) is 0 Å². The first-order valence-corrected chi connectivity index (χ1v) is 8.62. The van der Waals surface area contributed by atoms with E-state index in [2.05, 4.69) is 14.9 Å². The van der Waals surface area contributed by atoms with Gasteiger partial charge in [-0.2, -0.15) is 0 Å². The first kappa shape index (κ1) is 17.5. The maximum Gasteiger partial charge on any atom is 0.244 e. The summed E-state index contributed by atoms with van der Waals surface area (Å²) in [4.78, 5) is 25.7. The highest BCUT2D eigenvalue weighted by atomic mass is 16.5. The molecule has 0 unspecified atom stereocenters. The van der Waals surface area contributed by atoms with Crippen molar-refractivity contribution in [1.82, 2.24) is 19.8 Å². The first-order chi connectivity index (χ1) is 12.3. The van der Waals surface area contributed by atoms with Gasteiger partial charge in [-0.05, 0) is 23.8 Å². The van der Waals surface area contributed by atoms with Crippen molar-refractivity contribution in [3.63, 3.8) is 0 Å². The van der Waals surface area contributed by atoms with Crippen LogP contribution in [0.1, 0.15) is 17.3 Å². The molecule has 0 N–H and O–H groups in total. The number of morpholine rings is 1. The number of carbonyl (C=O) groups excluding carboxylic acids is 1. The number of likely N-dealkylation sites (N-methyl/N-ethyl adjacent to an activating group) is 1. The molecular weight excluding hydrogens is 316 g/mol. The smallest absolute Gasteiger partial charge is 0.244 e. The van der Waals surface area contributed by atoms with Crippen LogP contribution in [0.15, 0.2) is 48.9 Å². The van der Waals surface area contributed by atoms with E-state index in [-0.39, 0.29) is 11.9 Å². The maximum atomic E-state index is 13.2. The quantitative estimate of drug-likeness (QED) is 0.799. The zero-order chi connectivity index (χ0) is 17.5. The highest BCUT2D eigenvalue weighted by Crippen LogP contribution is 2.23. The minimum atomic E-state index is -0.314. The molecule has 0 saturated carbocycles. The number of aromatic nitrogens is 2. The minimum Gasteiger partial charge on any atom is -0.379 e. The third kappa shape index (κ3) is 4.61. The molecule has 0 bridgehead atoms. The number of rotatable bonds is 6. The molecule has 0 aromatic carbocycles. The molecule has 0 spiro atoms. The summed E-state index contributed by atoms with van der Waals surface area (Å²) < 4.78 is 5.44. The van der Waals surface area contributed by atoms with Crippen molar-refractivity contribution < 1.29 is 9.53 Å². The van der Waals surface area contributed by atoms with Gasteiger partial charge in [0.05, 0.1) is 13.2 Å². The molecule has 1 saturated heterocycles. The van der Waals surface area contributed by atoms with Crippen molar-refractivity contribution in [2.75, 3.05) is 39.9 Å². The van der Waals surface area contributed by atoms with E-state index < -0.39 is 0 Å². The predicted molar refractivity (Wildman–Crippen MR) is 94.9 cm³/mol. The van der Waals surface area contributed by atoms with Crippen LogP contribution in [0.2, 0.25) is 0 Å². The summed E-state index contributed by atoms with van der Waals surface area (Å²) >= 11 is 0. The molecule has 132 valence electrons. The Morgan fingerprint density at radius 1 is 1.24 bits per heavy atom. The van der Waals surface area contributed by atoms with E-state index in [0.717, 1.165) is 30.8 Å². The van der Waals surface area contributed by atoms with Crippen LogP contribution in [0.3, 0.4) is 0 Å². The largest absolute Gasteiger partial charge is 0.379 e. The number of amides is 1. The number of carbonyl (C=O) groups is 1. The monoisotopic (exact) mass is 340 g/mol. The molecule has 25 heavy (non-hydrogen) atoms. The van der Waals surface area contributed by atoms with Crippen molar-refractivity contribution in [2.45, 2.75) is 12.5 Å². The standard InChI is InChI=1S/C19H24N4O2/c1-22(10-7-17-6-2-3-9-21-17)19(24)18(16-5-4-8-20-15-16)23-11-13-25-14-12-23/h2-6,8-9,15,18H,7,10-14H2,1H3/t18-/m1/s1. The summed E-state index contributed by atoms with van der Waals surface area (Å²) in [6, 6.07) is 9.39. The number of ether oxygens (including phenoxy) is 1. The lowest BCUT2D eigenvalue weighted by molar-refractivity contribution is -0.137. The van der Waals surface area contributed by atoms with Gasteiger partial charge in [0.2, 0.25) is 5.91 Å². The molecule has 1 aliphatic heterocycles. The summed E-state index contributed by atoms with van der Waals surface area (Å²) in [5.74, 6) is 0.0887. The molecule has 2 aromatic rings. The average molecular weight is 340 g/mol. The molecule has 2 aromatic heterocycles. The number of nitrogens with zero attached hydrogens (tertiary/aromatic N) is 4. The summed E-state index contributed by atoms with van der Waals surface area (Å²) in [5, 5.41) is 0. The van der Waals surface area contributed by atoms with Crippen LogP contribution in [-0.4, -0.2) is 65.6 Å². The Hall–Kier alpha value is -2.31. The van der Waals surface area contributed by atoms with Gasteiger partial charge in [0, 0.05) is 57.4 Å². The van der Waals surface area contributed by atoms with Gasteiger partial charge >= 0.3 is 0 Å². The van der Waals surface area contributed by atoms with E-state index in [1.807, 2.05) is 37.4 Å². The minimum absolute atomic E-state index is 0.0887. The Balaban J connectivity index is 1.71. The van der Waals surface area contributed by atoms with Gasteiger partial charge in [-0.15, -0.1) is 0 Å². The Kier molecular flexibility index (Phi) is 6.09. The number of hydrogen-bond acceptors (Lipinski definition) is 5. The van der Waals surface area contributed by atoms with Crippen molar-refractivity contribution >= 4 is 5.91 Å². The van der Waals surface area contributed by atoms with Crippen LogP contribution < -0.4 is 0 Å². The lowest BCUT2D eigenvalue weighted by Gasteiger charge is -2.35. The van der Waals surface area contributed by atoms with Crippen molar-refractivity contribution in [3.05, 3.63) is 60.2 Å². The van der Waals surface area contributed by atoms with Gasteiger partial charge in [0.1, 0.15) is 6.04 Å². The second-order valence-corrected chi connectivity index (χ2v) is 6.17. The van der Waals surface area contributed by atoms with Crippen LogP contribution in [0, 0.1) is 0 Å². The van der Waals surface area contributed by atoms with Gasteiger partial charge in [-0.25, -0.2) is 0 Å². The third-order valence-corrected chi connectivity index (χ3v) is 4.45. The number of hydrogen-bond donors (Lipinski definition) is 0. The molecule has 3 heterocycles. The fourth-order valence-corrected chi connectivity index (χ4v) is 3.03. The highest BCUT2D eigenvalue weighted by molar-refractivity contribution is 5.83. The summed E-state index contributed by atoms with van der Waals surface area (Å²) in [6.45, 7) is 3.44. The summed E-state index contributed by atoms with van der Waals surface area (Å²) in [5.41, 5.74) is 1.92. The van der Waals surface area contributed by atoms with Gasteiger partial charge in [-0.1, -0.05) is 12.1 Å². The topological polar surface area (TPSA) is 58.6 Å². The fraction of sp³-hybridized carbons (Fsp3) is 0.421. The molecule has 1 aliphatic rings. The van der Waals surface area contributed by atoms with E-state index in [1.54, 1.807) is 23.5 Å². The van der Waals surface area contributed by atoms with Crippen LogP contribution >= 0.6 is 0 Å². The molecule has 0 aliphatic carbocycles. The Morgan fingerprint density at radius 2 is 2.08 bits per heavy atom. The lowest BCUT2D eigenvalue weighted by atomic mass is 10.1. The van der Waals surface area contributed by atoms with Gasteiger partial charge < -0.3 is 9.64 Å². The van der Waals surface area contributed by atoms with Gasteiger partial charge in [-0.3, -0.25) is 19.7 Å². The van der Waals surface area contributed by atoms with Crippen LogP contribution in [0.5, 0.6) is 0 Å². The molecule has 6 heteroatoms. The molecule has 6 nitrogen and oxygen atoms in total. The highest BCUT2D eigenvalue weighted by Gasteiger charge is 2.31. The molecule has 0 radical (unpaired) electrons. The molecular formula is C19H24N4O2. The fourth-order valence-electron chi connectivity index (χ4n) is 3.03. The Labute approximate surface area is 148 Å². The summed E-state index contributed by atoms with van der Waals surface area (Å²) in [7, 11) is 1.86. The maximum absolute atomic E-state index is 13.2. The zero-order valence-electron chi connectivity index (χ0n) is 14.5. The van der Waals surface area contributed by atoms with Crippen molar-refractivity contribution in [3.8, 4) is 0 Å². The Bertz CT molecular complexity index is 660. The van der Waals surface area contributed by atoms with Crippen LogP contribution in [-0.2, 0) is 16.0 Å². The normalized spacial score (nSPS) is 16.4. The SMILES string of the molecule is CN(CCc1ccccn1)C(=O)[C@@H](c1cccnc1)N1CCOCC1.